The predicted molar refractivity (Wildman–Crippen MR) is 63.8 cm³/mol. The highest BCUT2D eigenvalue weighted by molar-refractivity contribution is 6.05. The molecule has 0 spiro atoms. The third-order valence-electron chi connectivity index (χ3n) is 3.67. The number of carbonyl (C=O) groups excluding carboxylic acids is 2. The standard InChI is InChI=1S/C13H15F4NO3/c14-12(15)13(16,17)7-21-6-5-18-10(19)8-3-1-2-4-9(8)11(18)20/h1-2,8-9,12H,3-7H2/t8-,9+. The smallest absolute Gasteiger partial charge is 0.330 e. The first kappa shape index (κ1) is 15.9. The molecular weight excluding hydrogens is 294 g/mol. The summed E-state index contributed by atoms with van der Waals surface area (Å²) in [4.78, 5) is 25.0. The minimum absolute atomic E-state index is 0.190. The Morgan fingerprint density at radius 2 is 1.71 bits per heavy atom. The lowest BCUT2D eigenvalue weighted by Gasteiger charge is -2.17. The van der Waals surface area contributed by atoms with E-state index in [2.05, 4.69) is 4.74 Å². The summed E-state index contributed by atoms with van der Waals surface area (Å²) in [6.45, 7) is -2.01. The van der Waals surface area contributed by atoms with Gasteiger partial charge in [-0.25, -0.2) is 8.78 Å². The van der Waals surface area contributed by atoms with Crippen molar-refractivity contribution >= 4 is 11.8 Å². The van der Waals surface area contributed by atoms with E-state index < -0.39 is 30.8 Å². The lowest BCUT2D eigenvalue weighted by Crippen LogP contribution is -2.37. The van der Waals surface area contributed by atoms with Gasteiger partial charge in [0.25, 0.3) is 0 Å². The first-order valence-electron chi connectivity index (χ1n) is 6.58. The Labute approximate surface area is 118 Å². The molecule has 2 rings (SSSR count). The zero-order valence-electron chi connectivity index (χ0n) is 11.1. The van der Waals surface area contributed by atoms with Gasteiger partial charge in [-0.3, -0.25) is 14.5 Å². The van der Waals surface area contributed by atoms with Gasteiger partial charge in [-0.2, -0.15) is 8.78 Å². The van der Waals surface area contributed by atoms with Crippen LogP contribution in [0.15, 0.2) is 12.2 Å². The van der Waals surface area contributed by atoms with Crippen LogP contribution in [0.25, 0.3) is 0 Å². The Kier molecular flexibility index (Phi) is 4.65. The molecule has 0 aromatic rings. The fourth-order valence-corrected chi connectivity index (χ4v) is 2.52. The van der Waals surface area contributed by atoms with Gasteiger partial charge in [0, 0.05) is 0 Å². The number of allylic oxidation sites excluding steroid dienone is 2. The second kappa shape index (κ2) is 6.13. The molecule has 1 aliphatic heterocycles. The molecule has 21 heavy (non-hydrogen) atoms. The van der Waals surface area contributed by atoms with Gasteiger partial charge in [0.1, 0.15) is 6.61 Å². The number of likely N-dealkylation sites (tertiary alicyclic amines) is 1. The Balaban J connectivity index is 1.82. The predicted octanol–water partition coefficient (Wildman–Crippen LogP) is 1.85. The monoisotopic (exact) mass is 309 g/mol. The lowest BCUT2D eigenvalue weighted by molar-refractivity contribution is -0.167. The van der Waals surface area contributed by atoms with Crippen LogP contribution in [0.2, 0.25) is 0 Å². The molecule has 1 heterocycles. The Morgan fingerprint density at radius 3 is 2.19 bits per heavy atom. The fourth-order valence-electron chi connectivity index (χ4n) is 2.52. The van der Waals surface area contributed by atoms with Crippen LogP contribution in [0.4, 0.5) is 17.6 Å². The van der Waals surface area contributed by atoms with E-state index in [4.69, 9.17) is 0 Å². The van der Waals surface area contributed by atoms with E-state index in [0.29, 0.717) is 12.8 Å². The Bertz CT molecular complexity index is 427. The van der Waals surface area contributed by atoms with Crippen molar-refractivity contribution in [3.8, 4) is 0 Å². The number of fused-ring (bicyclic) bond motifs is 1. The molecule has 2 aliphatic rings. The topological polar surface area (TPSA) is 46.6 Å². The summed E-state index contributed by atoms with van der Waals surface area (Å²) in [5.74, 6) is -5.72. The second-order valence-electron chi connectivity index (χ2n) is 5.10. The highest BCUT2D eigenvalue weighted by Gasteiger charge is 2.47. The number of carbonyl (C=O) groups is 2. The first-order chi connectivity index (χ1) is 9.84. The minimum Gasteiger partial charge on any atom is -0.373 e. The molecule has 0 aromatic carbocycles. The van der Waals surface area contributed by atoms with Crippen molar-refractivity contribution in [1.82, 2.24) is 4.90 Å². The van der Waals surface area contributed by atoms with E-state index in [1.807, 2.05) is 12.2 Å². The molecule has 0 unspecified atom stereocenters. The zero-order chi connectivity index (χ0) is 15.6. The van der Waals surface area contributed by atoms with Crippen molar-refractivity contribution in [2.75, 3.05) is 19.8 Å². The number of alkyl halides is 4. The van der Waals surface area contributed by atoms with Crippen molar-refractivity contribution in [3.05, 3.63) is 12.2 Å². The van der Waals surface area contributed by atoms with Crippen molar-refractivity contribution in [2.45, 2.75) is 25.2 Å². The van der Waals surface area contributed by atoms with Gasteiger partial charge in [0.15, 0.2) is 0 Å². The highest BCUT2D eigenvalue weighted by atomic mass is 19.3. The Morgan fingerprint density at radius 1 is 1.19 bits per heavy atom. The van der Waals surface area contributed by atoms with Crippen LogP contribution in [0.3, 0.4) is 0 Å². The molecule has 0 aromatic heterocycles. The van der Waals surface area contributed by atoms with Crippen LogP contribution in [-0.4, -0.2) is 48.8 Å². The lowest BCUT2D eigenvalue weighted by atomic mass is 9.85. The second-order valence-corrected chi connectivity index (χ2v) is 5.10. The number of ether oxygens (including phenoxy) is 1. The van der Waals surface area contributed by atoms with Crippen LogP contribution >= 0.6 is 0 Å². The SMILES string of the molecule is O=C1[C@H]2CC=CC[C@H]2C(=O)N1CCOCC(F)(F)C(F)F. The molecule has 8 heteroatoms. The van der Waals surface area contributed by atoms with Gasteiger partial charge in [-0.1, -0.05) is 12.2 Å². The van der Waals surface area contributed by atoms with E-state index in [0.717, 1.165) is 4.90 Å². The molecule has 1 fully saturated rings. The maximum absolute atomic E-state index is 12.6. The molecule has 1 saturated heterocycles. The van der Waals surface area contributed by atoms with Crippen LogP contribution in [0, 0.1) is 11.8 Å². The van der Waals surface area contributed by atoms with E-state index in [1.165, 1.54) is 0 Å². The minimum atomic E-state index is -4.23. The quantitative estimate of drug-likeness (QED) is 0.326. The third kappa shape index (κ3) is 3.25. The average molecular weight is 309 g/mol. The molecule has 2 amide bonds. The number of hydrogen-bond donors (Lipinski definition) is 0. The molecule has 1 aliphatic carbocycles. The zero-order valence-corrected chi connectivity index (χ0v) is 11.1. The van der Waals surface area contributed by atoms with Crippen LogP contribution in [0.5, 0.6) is 0 Å². The van der Waals surface area contributed by atoms with Gasteiger partial charge < -0.3 is 4.74 Å². The Hall–Kier alpha value is -1.44. The normalized spacial score (nSPS) is 25.9. The van der Waals surface area contributed by atoms with E-state index >= 15 is 0 Å². The molecule has 0 bridgehead atoms. The number of imide groups is 1. The van der Waals surface area contributed by atoms with Gasteiger partial charge in [0.2, 0.25) is 11.8 Å². The maximum Gasteiger partial charge on any atom is 0.330 e. The number of nitrogens with zero attached hydrogens (tertiary/aromatic N) is 1. The van der Waals surface area contributed by atoms with Crippen LogP contribution < -0.4 is 0 Å². The summed E-state index contributed by atoms with van der Waals surface area (Å²) in [6.07, 6.45) is 0.818. The van der Waals surface area contributed by atoms with Gasteiger partial charge >= 0.3 is 12.3 Å². The van der Waals surface area contributed by atoms with Crippen LogP contribution in [-0.2, 0) is 14.3 Å². The van der Waals surface area contributed by atoms with E-state index in [1.54, 1.807) is 0 Å². The number of hydrogen-bond acceptors (Lipinski definition) is 3. The molecule has 118 valence electrons. The van der Waals surface area contributed by atoms with Gasteiger partial charge in [-0.15, -0.1) is 0 Å². The summed E-state index contributed by atoms with van der Waals surface area (Å²) < 4.78 is 53.5. The molecule has 0 N–H and O–H groups in total. The molecule has 0 radical (unpaired) electrons. The average Bonchev–Trinajstić information content (AvgIpc) is 2.68. The summed E-state index contributed by atoms with van der Waals surface area (Å²) in [7, 11) is 0. The van der Waals surface area contributed by atoms with Gasteiger partial charge in [-0.05, 0) is 12.8 Å². The number of amides is 2. The summed E-state index contributed by atoms with van der Waals surface area (Å²) in [5.41, 5.74) is 0. The molecular formula is C13H15F4NO3. The molecule has 0 saturated carbocycles. The van der Waals surface area contributed by atoms with Crippen LogP contribution in [0.1, 0.15) is 12.8 Å². The summed E-state index contributed by atoms with van der Waals surface area (Å²) >= 11 is 0. The molecule has 2 atom stereocenters. The highest BCUT2D eigenvalue weighted by Crippen LogP contribution is 2.34. The van der Waals surface area contributed by atoms with E-state index in [-0.39, 0.29) is 25.0 Å². The summed E-state index contributed by atoms with van der Waals surface area (Å²) in [6, 6.07) is 0. The van der Waals surface area contributed by atoms with E-state index in [9.17, 15) is 27.2 Å². The number of rotatable bonds is 6. The molecule has 4 nitrogen and oxygen atoms in total. The third-order valence-corrected chi connectivity index (χ3v) is 3.67. The largest absolute Gasteiger partial charge is 0.373 e. The summed E-state index contributed by atoms with van der Waals surface area (Å²) in [5, 5.41) is 0. The van der Waals surface area contributed by atoms with Crippen molar-refractivity contribution in [3.63, 3.8) is 0 Å². The fraction of sp³-hybridized carbons (Fsp3) is 0.692. The van der Waals surface area contributed by atoms with Crippen molar-refractivity contribution in [1.29, 1.82) is 0 Å². The number of halogens is 4. The van der Waals surface area contributed by atoms with Crippen molar-refractivity contribution < 1.29 is 31.9 Å². The van der Waals surface area contributed by atoms with Gasteiger partial charge in [0.05, 0.1) is 25.0 Å². The first-order valence-corrected chi connectivity index (χ1v) is 6.58. The van der Waals surface area contributed by atoms with Crippen molar-refractivity contribution in [2.24, 2.45) is 11.8 Å². The maximum atomic E-state index is 12.6.